The Balaban J connectivity index is 1.83. The van der Waals surface area contributed by atoms with E-state index in [0.717, 1.165) is 11.4 Å². The Bertz CT molecular complexity index is 1320. The van der Waals surface area contributed by atoms with Gasteiger partial charge in [0.05, 0.1) is 11.3 Å². The van der Waals surface area contributed by atoms with Crippen molar-refractivity contribution in [2.75, 3.05) is 5.73 Å². The second-order valence-electron chi connectivity index (χ2n) is 6.42. The normalized spacial score (nSPS) is 11.1. The Morgan fingerprint density at radius 3 is 2.37 bits per heavy atom. The number of hydrogen-bond acceptors (Lipinski definition) is 4. The molecule has 4 rings (SSSR count). The van der Waals surface area contributed by atoms with Gasteiger partial charge in [-0.3, -0.25) is 0 Å². The molecular formula is C23H15ClN6. The van der Waals surface area contributed by atoms with Crippen LogP contribution in [0.5, 0.6) is 0 Å². The summed E-state index contributed by atoms with van der Waals surface area (Å²) in [4.78, 5) is 0. The Kier molecular flexibility index (Phi) is 5.09. The average Bonchev–Trinajstić information content (AvgIpc) is 3.37. The maximum absolute atomic E-state index is 9.82. The Morgan fingerprint density at radius 2 is 1.70 bits per heavy atom. The van der Waals surface area contributed by atoms with Gasteiger partial charge in [0.1, 0.15) is 29.2 Å². The minimum absolute atomic E-state index is 0.163. The van der Waals surface area contributed by atoms with Crippen LogP contribution < -0.4 is 5.73 Å². The summed E-state index contributed by atoms with van der Waals surface area (Å²) in [5, 5.41) is 24.6. The standard InChI is InChI=1S/C23H15ClN6/c24-17-8-10-18(11-9-17)29-12-4-7-20(29)13-16(14-25)22-21(15-26)23(27)30(28-22)19-5-2-1-3-6-19/h1-13H,27H2/b16-13-. The number of anilines is 1. The molecule has 30 heavy (non-hydrogen) atoms. The monoisotopic (exact) mass is 410 g/mol. The van der Waals surface area contributed by atoms with E-state index in [1.165, 1.54) is 4.68 Å². The van der Waals surface area contributed by atoms with E-state index in [0.29, 0.717) is 10.7 Å². The van der Waals surface area contributed by atoms with Gasteiger partial charge in [-0.25, -0.2) is 4.68 Å². The minimum Gasteiger partial charge on any atom is -0.382 e. The summed E-state index contributed by atoms with van der Waals surface area (Å²) in [7, 11) is 0. The highest BCUT2D eigenvalue weighted by molar-refractivity contribution is 6.30. The van der Waals surface area contributed by atoms with Crippen molar-refractivity contribution in [1.29, 1.82) is 10.5 Å². The van der Waals surface area contributed by atoms with Crippen molar-refractivity contribution in [2.45, 2.75) is 0 Å². The lowest BCUT2D eigenvalue weighted by Crippen LogP contribution is -2.02. The molecule has 0 spiro atoms. The Morgan fingerprint density at radius 1 is 0.967 bits per heavy atom. The predicted molar refractivity (Wildman–Crippen MR) is 117 cm³/mol. The Labute approximate surface area is 178 Å². The number of hydrogen-bond donors (Lipinski definition) is 1. The van der Waals surface area contributed by atoms with Crippen LogP contribution in [0, 0.1) is 22.7 Å². The Hall–Kier alpha value is -4.26. The molecule has 144 valence electrons. The minimum atomic E-state index is 0.163. The summed E-state index contributed by atoms with van der Waals surface area (Å²) in [6, 6.07) is 24.6. The van der Waals surface area contributed by atoms with Gasteiger partial charge in [0.15, 0.2) is 0 Å². The first-order valence-electron chi connectivity index (χ1n) is 9.02. The fourth-order valence-electron chi connectivity index (χ4n) is 3.15. The number of nitrogen functional groups attached to an aromatic ring is 1. The molecule has 2 N–H and O–H groups in total. The number of allylic oxidation sites excluding steroid dienone is 1. The van der Waals surface area contributed by atoms with E-state index in [1.54, 1.807) is 18.2 Å². The molecule has 2 aromatic carbocycles. The molecule has 4 aromatic rings. The number of para-hydroxylation sites is 1. The maximum Gasteiger partial charge on any atom is 0.145 e. The lowest BCUT2D eigenvalue weighted by molar-refractivity contribution is 0.885. The van der Waals surface area contributed by atoms with Gasteiger partial charge in [-0.15, -0.1) is 0 Å². The zero-order chi connectivity index (χ0) is 21.1. The van der Waals surface area contributed by atoms with Gasteiger partial charge in [0, 0.05) is 22.6 Å². The second kappa shape index (κ2) is 8.00. The number of aromatic nitrogens is 3. The summed E-state index contributed by atoms with van der Waals surface area (Å²) in [5.41, 5.74) is 9.17. The fourth-order valence-corrected chi connectivity index (χ4v) is 3.27. The molecule has 6 nitrogen and oxygen atoms in total. The van der Waals surface area contributed by atoms with Crippen LogP contribution in [0.3, 0.4) is 0 Å². The average molecular weight is 411 g/mol. The molecule has 0 aliphatic heterocycles. The zero-order valence-electron chi connectivity index (χ0n) is 15.7. The summed E-state index contributed by atoms with van der Waals surface area (Å²) in [6.45, 7) is 0. The SMILES string of the molecule is N#C/C(=C/c1cccn1-c1ccc(Cl)cc1)c1nn(-c2ccccc2)c(N)c1C#N. The first-order valence-corrected chi connectivity index (χ1v) is 9.39. The van der Waals surface area contributed by atoms with Gasteiger partial charge in [0.2, 0.25) is 0 Å². The fraction of sp³-hybridized carbons (Fsp3) is 0. The van der Waals surface area contributed by atoms with E-state index in [4.69, 9.17) is 17.3 Å². The molecule has 0 atom stereocenters. The molecule has 2 aromatic heterocycles. The van der Waals surface area contributed by atoms with Crippen LogP contribution in [-0.4, -0.2) is 14.3 Å². The van der Waals surface area contributed by atoms with Crippen molar-refractivity contribution >= 4 is 29.1 Å². The largest absolute Gasteiger partial charge is 0.382 e. The molecule has 0 amide bonds. The molecule has 0 fully saturated rings. The summed E-state index contributed by atoms with van der Waals surface area (Å²) < 4.78 is 3.38. The number of nitriles is 2. The summed E-state index contributed by atoms with van der Waals surface area (Å²) in [6.07, 6.45) is 3.57. The number of rotatable bonds is 4. The van der Waals surface area contributed by atoms with Crippen LogP contribution in [0.25, 0.3) is 23.0 Å². The quantitative estimate of drug-likeness (QED) is 0.487. The maximum atomic E-state index is 9.82. The van der Waals surface area contributed by atoms with E-state index in [9.17, 15) is 10.5 Å². The first kappa shape index (κ1) is 19.1. The van der Waals surface area contributed by atoms with Gasteiger partial charge in [-0.1, -0.05) is 29.8 Å². The van der Waals surface area contributed by atoms with E-state index in [-0.39, 0.29) is 22.6 Å². The number of halogens is 1. The molecule has 0 bridgehead atoms. The highest BCUT2D eigenvalue weighted by Crippen LogP contribution is 2.27. The van der Waals surface area contributed by atoms with Crippen LogP contribution in [0.4, 0.5) is 5.82 Å². The van der Waals surface area contributed by atoms with Crippen LogP contribution >= 0.6 is 11.6 Å². The van der Waals surface area contributed by atoms with Crippen molar-refractivity contribution in [3.05, 3.63) is 94.9 Å². The van der Waals surface area contributed by atoms with E-state index >= 15 is 0 Å². The lowest BCUT2D eigenvalue weighted by Gasteiger charge is -2.07. The third kappa shape index (κ3) is 3.44. The smallest absolute Gasteiger partial charge is 0.145 e. The third-order valence-corrected chi connectivity index (χ3v) is 4.84. The highest BCUT2D eigenvalue weighted by atomic mass is 35.5. The first-order chi connectivity index (χ1) is 14.6. The van der Waals surface area contributed by atoms with Gasteiger partial charge < -0.3 is 10.3 Å². The predicted octanol–water partition coefficient (Wildman–Crippen LogP) is 4.83. The van der Waals surface area contributed by atoms with Crippen LogP contribution in [-0.2, 0) is 0 Å². The van der Waals surface area contributed by atoms with Gasteiger partial charge in [0.25, 0.3) is 0 Å². The molecule has 7 heteroatoms. The molecule has 2 heterocycles. The van der Waals surface area contributed by atoms with Crippen LogP contribution in [0.2, 0.25) is 5.02 Å². The number of benzene rings is 2. The van der Waals surface area contributed by atoms with E-state index in [1.807, 2.05) is 65.4 Å². The molecular weight excluding hydrogens is 396 g/mol. The van der Waals surface area contributed by atoms with Gasteiger partial charge in [-0.05, 0) is 54.6 Å². The van der Waals surface area contributed by atoms with Crippen molar-refractivity contribution in [3.63, 3.8) is 0 Å². The van der Waals surface area contributed by atoms with Crippen molar-refractivity contribution < 1.29 is 0 Å². The second-order valence-corrected chi connectivity index (χ2v) is 6.85. The third-order valence-electron chi connectivity index (χ3n) is 4.59. The molecule has 0 unspecified atom stereocenters. The van der Waals surface area contributed by atoms with Crippen molar-refractivity contribution in [1.82, 2.24) is 14.3 Å². The number of nitrogens with zero attached hydrogens (tertiary/aromatic N) is 5. The molecule has 0 radical (unpaired) electrons. The number of nitrogens with two attached hydrogens (primary N) is 1. The van der Waals surface area contributed by atoms with E-state index < -0.39 is 0 Å². The molecule has 0 saturated carbocycles. The lowest BCUT2D eigenvalue weighted by atomic mass is 10.1. The van der Waals surface area contributed by atoms with Crippen molar-refractivity contribution in [3.8, 4) is 23.5 Å². The molecule has 0 saturated heterocycles. The highest BCUT2D eigenvalue weighted by Gasteiger charge is 2.20. The van der Waals surface area contributed by atoms with E-state index in [2.05, 4.69) is 17.2 Å². The zero-order valence-corrected chi connectivity index (χ0v) is 16.5. The van der Waals surface area contributed by atoms with Gasteiger partial charge in [-0.2, -0.15) is 15.6 Å². The van der Waals surface area contributed by atoms with Crippen LogP contribution in [0.15, 0.2) is 72.9 Å². The summed E-state index contributed by atoms with van der Waals surface area (Å²) in [5.74, 6) is 0.188. The van der Waals surface area contributed by atoms with Gasteiger partial charge >= 0.3 is 0 Å². The van der Waals surface area contributed by atoms with Crippen LogP contribution in [0.1, 0.15) is 17.0 Å². The molecule has 0 aliphatic rings. The summed E-state index contributed by atoms with van der Waals surface area (Å²) >= 11 is 5.98. The topological polar surface area (TPSA) is 96.3 Å². The van der Waals surface area contributed by atoms with Crippen molar-refractivity contribution in [2.24, 2.45) is 0 Å². The molecule has 0 aliphatic carbocycles.